The molecule has 0 aromatic carbocycles. The van der Waals surface area contributed by atoms with Gasteiger partial charge in [-0.3, -0.25) is 9.59 Å². The van der Waals surface area contributed by atoms with Crippen molar-refractivity contribution in [3.8, 4) is 0 Å². The van der Waals surface area contributed by atoms with E-state index in [4.69, 9.17) is 0 Å². The summed E-state index contributed by atoms with van der Waals surface area (Å²) in [7, 11) is 0. The average Bonchev–Trinajstić information content (AvgIpc) is 2.43. The van der Waals surface area contributed by atoms with E-state index in [1.165, 1.54) is 15.3 Å². The second-order valence-corrected chi connectivity index (χ2v) is 5.69. The minimum absolute atomic E-state index is 0.0968. The maximum Gasteiger partial charge on any atom is 0.140 e. The number of hydrogen-bond acceptors (Lipinski definition) is 3. The Labute approximate surface area is 93.3 Å². The topological polar surface area (TPSA) is 34.1 Å². The monoisotopic (exact) mass is 222 g/mol. The molecular formula is C12H14O2S. The van der Waals surface area contributed by atoms with E-state index >= 15 is 0 Å². The lowest BCUT2D eigenvalue weighted by Gasteiger charge is -2.19. The average molecular weight is 222 g/mol. The highest BCUT2D eigenvalue weighted by Gasteiger charge is 2.28. The van der Waals surface area contributed by atoms with Crippen LogP contribution in [0, 0.1) is 13.8 Å². The second-order valence-electron chi connectivity index (χ2n) is 4.23. The zero-order chi connectivity index (χ0) is 11.0. The van der Waals surface area contributed by atoms with Gasteiger partial charge in [-0.2, -0.15) is 0 Å². The van der Waals surface area contributed by atoms with Crippen LogP contribution in [-0.4, -0.2) is 11.6 Å². The van der Waals surface area contributed by atoms with Crippen molar-refractivity contribution < 1.29 is 9.59 Å². The molecule has 1 saturated carbocycles. The fourth-order valence-electron chi connectivity index (χ4n) is 2.26. The first kappa shape index (κ1) is 10.6. The lowest BCUT2D eigenvalue weighted by molar-refractivity contribution is -0.130. The molecule has 0 saturated heterocycles. The van der Waals surface area contributed by atoms with Gasteiger partial charge in [0, 0.05) is 22.6 Å². The molecule has 0 spiro atoms. The summed E-state index contributed by atoms with van der Waals surface area (Å²) < 4.78 is 0. The highest BCUT2D eigenvalue weighted by Crippen LogP contribution is 2.35. The quantitative estimate of drug-likeness (QED) is 0.685. The van der Waals surface area contributed by atoms with Crippen LogP contribution in [0.5, 0.6) is 0 Å². The Hall–Kier alpha value is -0.960. The van der Waals surface area contributed by atoms with Crippen LogP contribution in [0.25, 0.3) is 0 Å². The van der Waals surface area contributed by atoms with Crippen molar-refractivity contribution in [3.05, 3.63) is 21.4 Å². The molecule has 0 bridgehead atoms. The predicted octanol–water partition coefficient (Wildman–Crippen LogP) is 2.77. The Morgan fingerprint density at radius 3 is 2.27 bits per heavy atom. The first-order chi connectivity index (χ1) is 7.06. The van der Waals surface area contributed by atoms with Gasteiger partial charge in [0.1, 0.15) is 11.6 Å². The number of thiophene rings is 1. The van der Waals surface area contributed by atoms with E-state index in [1.807, 2.05) is 0 Å². The number of carbonyl (C=O) groups excluding carboxylic acids is 2. The lowest BCUT2D eigenvalue weighted by Crippen LogP contribution is -2.21. The molecule has 1 aromatic rings. The first-order valence-electron chi connectivity index (χ1n) is 5.16. The highest BCUT2D eigenvalue weighted by atomic mass is 32.1. The number of Topliss-reactive ketones (excluding diaryl/α,β-unsaturated/α-hetero) is 2. The molecule has 0 unspecified atom stereocenters. The minimum Gasteiger partial charge on any atom is -0.299 e. The molecule has 1 heterocycles. The predicted molar refractivity (Wildman–Crippen MR) is 60.4 cm³/mol. The van der Waals surface area contributed by atoms with Crippen LogP contribution < -0.4 is 0 Å². The second kappa shape index (κ2) is 3.89. The largest absolute Gasteiger partial charge is 0.299 e. The van der Waals surface area contributed by atoms with Crippen molar-refractivity contribution in [3.63, 3.8) is 0 Å². The molecule has 2 nitrogen and oxygen atoms in total. The van der Waals surface area contributed by atoms with E-state index in [1.54, 1.807) is 11.3 Å². The van der Waals surface area contributed by atoms with Gasteiger partial charge in [0.2, 0.25) is 0 Å². The first-order valence-corrected chi connectivity index (χ1v) is 5.98. The number of rotatable bonds is 1. The van der Waals surface area contributed by atoms with Gasteiger partial charge in [-0.1, -0.05) is 0 Å². The zero-order valence-corrected chi connectivity index (χ0v) is 9.82. The summed E-state index contributed by atoms with van der Waals surface area (Å²) in [4.78, 5) is 25.2. The summed E-state index contributed by atoms with van der Waals surface area (Å²) in [5, 5.41) is 0. The van der Waals surface area contributed by atoms with E-state index < -0.39 is 0 Å². The molecule has 0 amide bonds. The lowest BCUT2D eigenvalue weighted by atomic mass is 9.83. The molecule has 3 heteroatoms. The summed E-state index contributed by atoms with van der Waals surface area (Å²) in [6.07, 6.45) is 1.24. The van der Waals surface area contributed by atoms with Crippen LogP contribution in [0.4, 0.5) is 0 Å². The van der Waals surface area contributed by atoms with E-state index in [0.717, 1.165) is 0 Å². The SMILES string of the molecule is Cc1cc(C2CC(=O)CC(=O)C2)c(C)s1. The van der Waals surface area contributed by atoms with Crippen LogP contribution in [0.15, 0.2) is 6.07 Å². The Balaban J connectivity index is 2.27. The van der Waals surface area contributed by atoms with Crippen molar-refractivity contribution in [2.24, 2.45) is 0 Å². The van der Waals surface area contributed by atoms with E-state index in [9.17, 15) is 9.59 Å². The number of ketones is 2. The highest BCUT2D eigenvalue weighted by molar-refractivity contribution is 7.12. The van der Waals surface area contributed by atoms with Crippen molar-refractivity contribution in [2.75, 3.05) is 0 Å². The Kier molecular flexibility index (Phi) is 2.74. The molecule has 15 heavy (non-hydrogen) atoms. The Morgan fingerprint density at radius 1 is 1.20 bits per heavy atom. The van der Waals surface area contributed by atoms with Gasteiger partial charge in [0.25, 0.3) is 0 Å². The summed E-state index contributed by atoms with van der Waals surface area (Å²) in [5.74, 6) is 0.336. The normalized spacial score (nSPS) is 18.5. The van der Waals surface area contributed by atoms with Crippen molar-refractivity contribution in [2.45, 2.75) is 39.0 Å². The Morgan fingerprint density at radius 2 is 1.80 bits per heavy atom. The van der Waals surface area contributed by atoms with Crippen LogP contribution in [0.1, 0.15) is 40.5 Å². The zero-order valence-electron chi connectivity index (χ0n) is 9.00. The maximum absolute atomic E-state index is 11.4. The number of hydrogen-bond donors (Lipinski definition) is 0. The van der Waals surface area contributed by atoms with Gasteiger partial charge in [-0.15, -0.1) is 11.3 Å². The van der Waals surface area contributed by atoms with E-state index in [2.05, 4.69) is 19.9 Å². The molecule has 1 aliphatic rings. The third-order valence-corrected chi connectivity index (χ3v) is 3.84. The van der Waals surface area contributed by atoms with Gasteiger partial charge >= 0.3 is 0 Å². The van der Waals surface area contributed by atoms with Gasteiger partial charge in [-0.05, 0) is 31.4 Å². The summed E-state index contributed by atoms with van der Waals surface area (Å²) in [6.45, 7) is 4.13. The van der Waals surface area contributed by atoms with Crippen LogP contribution in [0.2, 0.25) is 0 Å². The molecule has 0 atom stereocenters. The van der Waals surface area contributed by atoms with Gasteiger partial charge in [0.05, 0.1) is 6.42 Å². The molecule has 2 rings (SSSR count). The third-order valence-electron chi connectivity index (χ3n) is 2.86. The molecule has 1 fully saturated rings. The smallest absolute Gasteiger partial charge is 0.140 e. The summed E-state index contributed by atoms with van der Waals surface area (Å²) in [5.41, 5.74) is 1.21. The van der Waals surface area contributed by atoms with Crippen LogP contribution in [0.3, 0.4) is 0 Å². The van der Waals surface area contributed by atoms with E-state index in [-0.39, 0.29) is 23.9 Å². The van der Waals surface area contributed by atoms with Crippen molar-refractivity contribution in [1.29, 1.82) is 0 Å². The fourth-order valence-corrected chi connectivity index (χ4v) is 3.27. The van der Waals surface area contributed by atoms with Crippen LogP contribution in [-0.2, 0) is 9.59 Å². The molecule has 0 radical (unpaired) electrons. The molecule has 1 aromatic heterocycles. The van der Waals surface area contributed by atoms with Gasteiger partial charge in [-0.25, -0.2) is 0 Å². The summed E-state index contributed by atoms with van der Waals surface area (Å²) in [6, 6.07) is 2.12. The standard InChI is InChI=1S/C12H14O2S/c1-7-3-12(8(2)15-7)9-4-10(13)6-11(14)5-9/h3,9H,4-6H2,1-2H3. The van der Waals surface area contributed by atoms with Crippen LogP contribution >= 0.6 is 11.3 Å². The number of aryl methyl sites for hydroxylation is 2. The van der Waals surface area contributed by atoms with Gasteiger partial charge < -0.3 is 0 Å². The molecule has 0 N–H and O–H groups in total. The molecule has 0 aliphatic heterocycles. The number of carbonyl (C=O) groups is 2. The molecule has 80 valence electrons. The minimum atomic E-state index is 0.0968. The van der Waals surface area contributed by atoms with Gasteiger partial charge in [0.15, 0.2) is 0 Å². The third kappa shape index (κ3) is 2.17. The van der Waals surface area contributed by atoms with Crippen molar-refractivity contribution in [1.82, 2.24) is 0 Å². The molecular weight excluding hydrogens is 208 g/mol. The summed E-state index contributed by atoms with van der Waals surface area (Å²) >= 11 is 1.74. The fraction of sp³-hybridized carbons (Fsp3) is 0.500. The van der Waals surface area contributed by atoms with Crippen molar-refractivity contribution >= 4 is 22.9 Å². The van der Waals surface area contributed by atoms with E-state index in [0.29, 0.717) is 12.8 Å². The Bertz CT molecular complexity index is 401. The molecule has 1 aliphatic carbocycles. The maximum atomic E-state index is 11.4.